The van der Waals surface area contributed by atoms with E-state index in [-0.39, 0.29) is 11.7 Å². The maximum Gasteiger partial charge on any atom is 0.233 e. The van der Waals surface area contributed by atoms with Crippen molar-refractivity contribution in [1.82, 2.24) is 24.6 Å². The first-order chi connectivity index (χ1) is 13.7. The molecule has 0 aliphatic carbocycles. The van der Waals surface area contributed by atoms with Gasteiger partial charge in [-0.2, -0.15) is 0 Å². The van der Waals surface area contributed by atoms with Gasteiger partial charge in [-0.3, -0.25) is 14.3 Å². The molecule has 1 amide bonds. The zero-order chi connectivity index (χ0) is 19.3. The van der Waals surface area contributed by atoms with Crippen LogP contribution in [0, 0.1) is 5.82 Å². The van der Waals surface area contributed by atoms with Gasteiger partial charge in [0.2, 0.25) is 5.91 Å². The summed E-state index contributed by atoms with van der Waals surface area (Å²) in [6.07, 6.45) is 3.30. The summed E-state index contributed by atoms with van der Waals surface area (Å²) in [5, 5.41) is 8.90. The van der Waals surface area contributed by atoms with E-state index in [2.05, 4.69) is 15.2 Å². The van der Waals surface area contributed by atoms with Crippen LogP contribution in [0.2, 0.25) is 0 Å². The van der Waals surface area contributed by atoms with E-state index in [1.165, 1.54) is 17.8 Å². The summed E-state index contributed by atoms with van der Waals surface area (Å²) in [6.45, 7) is 2.26. The van der Waals surface area contributed by atoms with Crippen molar-refractivity contribution in [1.29, 1.82) is 0 Å². The van der Waals surface area contributed by atoms with Gasteiger partial charge in [0.25, 0.3) is 0 Å². The molecular formula is C19H18FN5O2S. The topological polar surface area (TPSA) is 73.1 Å². The molecule has 0 atom stereocenters. The lowest BCUT2D eigenvalue weighted by molar-refractivity contribution is -0.132. The van der Waals surface area contributed by atoms with E-state index in [1.54, 1.807) is 46.1 Å². The average Bonchev–Trinajstić information content (AvgIpc) is 3.17. The Morgan fingerprint density at radius 3 is 2.71 bits per heavy atom. The van der Waals surface area contributed by atoms with Crippen LogP contribution in [0.3, 0.4) is 0 Å². The third kappa shape index (κ3) is 3.90. The number of hydrogen-bond donors (Lipinski definition) is 0. The lowest BCUT2D eigenvalue weighted by atomic mass is 10.2. The number of nitrogens with zero attached hydrogens (tertiary/aromatic N) is 5. The largest absolute Gasteiger partial charge is 0.378 e. The lowest BCUT2D eigenvalue weighted by Crippen LogP contribution is -2.41. The summed E-state index contributed by atoms with van der Waals surface area (Å²) >= 11 is 1.24. The van der Waals surface area contributed by atoms with Gasteiger partial charge in [0.05, 0.1) is 24.7 Å². The van der Waals surface area contributed by atoms with Crippen molar-refractivity contribution < 1.29 is 13.9 Å². The van der Waals surface area contributed by atoms with Crippen LogP contribution in [0.15, 0.2) is 53.9 Å². The Morgan fingerprint density at radius 2 is 1.96 bits per heavy atom. The first-order valence-corrected chi connectivity index (χ1v) is 9.81. The maximum atomic E-state index is 14.5. The maximum absolute atomic E-state index is 14.5. The van der Waals surface area contributed by atoms with E-state index < -0.39 is 5.82 Å². The second-order valence-electron chi connectivity index (χ2n) is 6.12. The number of carbonyl (C=O) groups excluding carboxylic acids is 1. The van der Waals surface area contributed by atoms with Crippen molar-refractivity contribution in [3.05, 3.63) is 54.6 Å². The summed E-state index contributed by atoms with van der Waals surface area (Å²) in [7, 11) is 0. The molecule has 0 unspecified atom stereocenters. The predicted molar refractivity (Wildman–Crippen MR) is 103 cm³/mol. The standard InChI is InChI=1S/C19H18FN5O2S/c20-15-5-1-2-6-16(15)25-18(14-4-3-7-21-12-14)22-23-19(25)28-13-17(26)24-8-10-27-11-9-24/h1-7,12H,8-11,13H2. The fourth-order valence-electron chi connectivity index (χ4n) is 2.93. The van der Waals surface area contributed by atoms with Crippen molar-refractivity contribution in [2.45, 2.75) is 5.16 Å². The zero-order valence-electron chi connectivity index (χ0n) is 15.0. The normalized spacial score (nSPS) is 14.2. The number of pyridine rings is 1. The molecule has 0 radical (unpaired) electrons. The monoisotopic (exact) mass is 399 g/mol. The quantitative estimate of drug-likeness (QED) is 0.614. The van der Waals surface area contributed by atoms with Gasteiger partial charge in [-0.1, -0.05) is 23.9 Å². The first kappa shape index (κ1) is 18.6. The number of thioether (sulfide) groups is 1. The Balaban J connectivity index is 1.65. The van der Waals surface area contributed by atoms with Crippen molar-refractivity contribution >= 4 is 17.7 Å². The molecule has 0 saturated carbocycles. The second kappa shape index (κ2) is 8.49. The van der Waals surface area contributed by atoms with E-state index in [9.17, 15) is 9.18 Å². The minimum Gasteiger partial charge on any atom is -0.378 e. The molecule has 1 fully saturated rings. The Morgan fingerprint density at radius 1 is 1.14 bits per heavy atom. The van der Waals surface area contributed by atoms with Crippen molar-refractivity contribution in [3.8, 4) is 17.1 Å². The molecule has 9 heteroatoms. The molecule has 7 nitrogen and oxygen atoms in total. The number of morpholine rings is 1. The Labute approximate surface area is 165 Å². The van der Waals surface area contributed by atoms with Crippen molar-refractivity contribution in [2.75, 3.05) is 32.1 Å². The van der Waals surface area contributed by atoms with Gasteiger partial charge in [0, 0.05) is 31.0 Å². The fourth-order valence-corrected chi connectivity index (χ4v) is 3.77. The molecule has 3 aromatic rings. The molecule has 1 aliphatic rings. The van der Waals surface area contributed by atoms with Crippen LogP contribution in [0.1, 0.15) is 0 Å². The number of halogens is 1. The highest BCUT2D eigenvalue weighted by molar-refractivity contribution is 7.99. The van der Waals surface area contributed by atoms with Crippen LogP contribution >= 0.6 is 11.8 Å². The van der Waals surface area contributed by atoms with Gasteiger partial charge in [0.15, 0.2) is 11.0 Å². The molecule has 0 bridgehead atoms. The summed E-state index contributed by atoms with van der Waals surface area (Å²) in [4.78, 5) is 18.3. The Hall–Kier alpha value is -2.78. The molecule has 3 heterocycles. The zero-order valence-corrected chi connectivity index (χ0v) is 15.8. The number of aromatic nitrogens is 4. The van der Waals surface area contributed by atoms with Gasteiger partial charge in [-0.15, -0.1) is 10.2 Å². The molecule has 4 rings (SSSR count). The van der Waals surface area contributed by atoms with Crippen molar-refractivity contribution in [2.24, 2.45) is 0 Å². The number of amides is 1. The van der Waals surface area contributed by atoms with E-state index in [0.29, 0.717) is 48.5 Å². The molecule has 1 saturated heterocycles. The van der Waals surface area contributed by atoms with Gasteiger partial charge < -0.3 is 9.64 Å². The van der Waals surface area contributed by atoms with Gasteiger partial charge in [-0.25, -0.2) is 4.39 Å². The van der Waals surface area contributed by atoms with Crippen LogP contribution in [-0.2, 0) is 9.53 Å². The smallest absolute Gasteiger partial charge is 0.233 e. The highest BCUT2D eigenvalue weighted by Gasteiger charge is 2.22. The Bertz CT molecular complexity index is 960. The fraction of sp³-hybridized carbons (Fsp3) is 0.263. The number of ether oxygens (including phenoxy) is 1. The van der Waals surface area contributed by atoms with E-state index in [1.807, 2.05) is 6.07 Å². The van der Waals surface area contributed by atoms with E-state index >= 15 is 0 Å². The van der Waals surface area contributed by atoms with Crippen LogP contribution in [0.4, 0.5) is 4.39 Å². The highest BCUT2D eigenvalue weighted by atomic mass is 32.2. The molecule has 0 N–H and O–H groups in total. The van der Waals surface area contributed by atoms with E-state index in [0.717, 1.165) is 0 Å². The summed E-state index contributed by atoms with van der Waals surface area (Å²) < 4.78 is 21.4. The van der Waals surface area contributed by atoms with Gasteiger partial charge in [0.1, 0.15) is 5.82 Å². The molecule has 2 aromatic heterocycles. The molecule has 1 aromatic carbocycles. The van der Waals surface area contributed by atoms with Gasteiger partial charge >= 0.3 is 0 Å². The van der Waals surface area contributed by atoms with Gasteiger partial charge in [-0.05, 0) is 24.3 Å². The van der Waals surface area contributed by atoms with Crippen LogP contribution in [0.25, 0.3) is 17.1 Å². The third-order valence-corrected chi connectivity index (χ3v) is 5.25. The highest BCUT2D eigenvalue weighted by Crippen LogP contribution is 2.29. The molecule has 28 heavy (non-hydrogen) atoms. The van der Waals surface area contributed by atoms with Crippen LogP contribution in [-0.4, -0.2) is 62.6 Å². The molecule has 1 aliphatic heterocycles. The summed E-state index contributed by atoms with van der Waals surface area (Å²) in [6, 6.07) is 10.0. The minimum absolute atomic E-state index is 0.000638. The van der Waals surface area contributed by atoms with Crippen molar-refractivity contribution in [3.63, 3.8) is 0 Å². The Kier molecular flexibility index (Phi) is 5.63. The molecule has 0 spiro atoms. The summed E-state index contributed by atoms with van der Waals surface area (Å²) in [5.41, 5.74) is 1.04. The lowest BCUT2D eigenvalue weighted by Gasteiger charge is -2.26. The average molecular weight is 399 g/mol. The molecule has 144 valence electrons. The minimum atomic E-state index is -0.395. The second-order valence-corrected chi connectivity index (χ2v) is 7.06. The first-order valence-electron chi connectivity index (χ1n) is 8.83. The van der Waals surface area contributed by atoms with Crippen LogP contribution in [0.5, 0.6) is 0 Å². The molecular weight excluding hydrogens is 381 g/mol. The third-order valence-electron chi connectivity index (χ3n) is 4.33. The predicted octanol–water partition coefficient (Wildman–Crippen LogP) is 2.42. The summed E-state index contributed by atoms with van der Waals surface area (Å²) in [5.74, 6) is 0.271. The number of rotatable bonds is 5. The van der Waals surface area contributed by atoms with Crippen LogP contribution < -0.4 is 0 Å². The number of benzene rings is 1. The SMILES string of the molecule is O=C(CSc1nnc(-c2cccnc2)n1-c1ccccc1F)N1CCOCC1. The number of carbonyl (C=O) groups is 1. The van der Waals surface area contributed by atoms with E-state index in [4.69, 9.17) is 4.74 Å². The number of para-hydroxylation sites is 1. The number of hydrogen-bond acceptors (Lipinski definition) is 6.